The van der Waals surface area contributed by atoms with Crippen molar-refractivity contribution in [2.75, 3.05) is 13.1 Å². The van der Waals surface area contributed by atoms with Crippen molar-refractivity contribution in [2.24, 2.45) is 0 Å². The van der Waals surface area contributed by atoms with Gasteiger partial charge in [0.2, 0.25) is 0 Å². The molecule has 7 nitrogen and oxygen atoms in total. The van der Waals surface area contributed by atoms with Crippen LogP contribution in [0.5, 0.6) is 6.01 Å². The Morgan fingerprint density at radius 2 is 1.79 bits per heavy atom. The van der Waals surface area contributed by atoms with Gasteiger partial charge in [0.1, 0.15) is 0 Å². The van der Waals surface area contributed by atoms with Gasteiger partial charge in [0.15, 0.2) is 0 Å². The normalized spacial score (nSPS) is 14.9. The van der Waals surface area contributed by atoms with Gasteiger partial charge in [-0.1, -0.05) is 6.07 Å². The van der Waals surface area contributed by atoms with Crippen LogP contribution in [0.15, 0.2) is 36.8 Å². The quantitative estimate of drug-likeness (QED) is 0.781. The van der Waals surface area contributed by atoms with Crippen LogP contribution in [0.1, 0.15) is 29.6 Å². The Balaban J connectivity index is 1.76. The highest BCUT2D eigenvalue weighted by Crippen LogP contribution is 2.23. The van der Waals surface area contributed by atoms with Gasteiger partial charge in [-0.2, -0.15) is 5.10 Å². The molecule has 3 aromatic heterocycles. The molecule has 3 aromatic rings. The van der Waals surface area contributed by atoms with E-state index in [1.807, 2.05) is 23.1 Å². The third-order valence-electron chi connectivity index (χ3n) is 4.35. The molecule has 0 bridgehead atoms. The van der Waals surface area contributed by atoms with Crippen LogP contribution in [0.2, 0.25) is 0 Å². The molecule has 1 fully saturated rings. The maximum atomic E-state index is 12.8. The molecule has 7 heteroatoms. The molecule has 0 aromatic carbocycles. The number of hydrogen-bond donors (Lipinski definition) is 1. The Morgan fingerprint density at radius 3 is 2.54 bits per heavy atom. The summed E-state index contributed by atoms with van der Waals surface area (Å²) in [5.74, 6) is 0.0313. The zero-order valence-electron chi connectivity index (χ0n) is 13.1. The van der Waals surface area contributed by atoms with Gasteiger partial charge in [-0.05, 0) is 31.4 Å². The fourth-order valence-corrected chi connectivity index (χ4v) is 3.12. The third-order valence-corrected chi connectivity index (χ3v) is 4.35. The van der Waals surface area contributed by atoms with Crippen molar-refractivity contribution in [3.05, 3.63) is 42.4 Å². The van der Waals surface area contributed by atoms with Crippen LogP contribution in [0.4, 0.5) is 0 Å². The number of carbonyl (C=O) groups excluding carboxylic acids is 1. The lowest BCUT2D eigenvalue weighted by Gasteiger charge is -2.26. The van der Waals surface area contributed by atoms with Gasteiger partial charge in [-0.15, -0.1) is 0 Å². The molecule has 0 aliphatic carbocycles. The Kier molecular flexibility index (Phi) is 3.60. The molecule has 0 saturated carbocycles. The SMILES string of the molecule is O=C(c1cnn2c(-c3cnc(O)nc3)cccc12)N1CCCCC1. The maximum Gasteiger partial charge on any atom is 0.313 e. The van der Waals surface area contributed by atoms with Crippen molar-refractivity contribution < 1.29 is 9.90 Å². The largest absolute Gasteiger partial charge is 0.479 e. The minimum atomic E-state index is -0.271. The van der Waals surface area contributed by atoms with E-state index in [2.05, 4.69) is 15.1 Å². The van der Waals surface area contributed by atoms with E-state index < -0.39 is 0 Å². The predicted molar refractivity (Wildman–Crippen MR) is 87.6 cm³/mol. The van der Waals surface area contributed by atoms with E-state index >= 15 is 0 Å². The lowest BCUT2D eigenvalue weighted by molar-refractivity contribution is 0.0726. The van der Waals surface area contributed by atoms with Crippen molar-refractivity contribution in [3.8, 4) is 17.3 Å². The van der Waals surface area contributed by atoms with E-state index in [0.717, 1.165) is 42.7 Å². The highest BCUT2D eigenvalue weighted by Gasteiger charge is 2.22. The van der Waals surface area contributed by atoms with Crippen LogP contribution in [0.25, 0.3) is 16.8 Å². The van der Waals surface area contributed by atoms with Crippen molar-refractivity contribution in [1.29, 1.82) is 0 Å². The van der Waals surface area contributed by atoms with Gasteiger partial charge in [0.05, 0.1) is 23.0 Å². The molecule has 0 radical (unpaired) electrons. The van der Waals surface area contributed by atoms with Crippen LogP contribution in [-0.4, -0.2) is 48.6 Å². The molecule has 0 spiro atoms. The number of pyridine rings is 1. The first kappa shape index (κ1) is 14.6. The van der Waals surface area contributed by atoms with E-state index in [0.29, 0.717) is 5.56 Å². The number of rotatable bonds is 2. The van der Waals surface area contributed by atoms with Gasteiger partial charge in [0, 0.05) is 31.0 Å². The van der Waals surface area contributed by atoms with E-state index in [1.165, 1.54) is 18.8 Å². The Labute approximate surface area is 138 Å². The highest BCUT2D eigenvalue weighted by atomic mass is 16.3. The number of nitrogens with zero attached hydrogens (tertiary/aromatic N) is 5. The van der Waals surface area contributed by atoms with Gasteiger partial charge < -0.3 is 10.0 Å². The number of likely N-dealkylation sites (tertiary alicyclic amines) is 1. The van der Waals surface area contributed by atoms with E-state index in [-0.39, 0.29) is 11.9 Å². The molecule has 1 saturated heterocycles. The fourth-order valence-electron chi connectivity index (χ4n) is 3.12. The summed E-state index contributed by atoms with van der Waals surface area (Å²) in [4.78, 5) is 22.3. The van der Waals surface area contributed by atoms with Gasteiger partial charge >= 0.3 is 6.01 Å². The first-order valence-corrected chi connectivity index (χ1v) is 8.01. The number of fused-ring (bicyclic) bond motifs is 1. The van der Waals surface area contributed by atoms with Crippen LogP contribution in [0.3, 0.4) is 0 Å². The number of aromatic nitrogens is 4. The van der Waals surface area contributed by atoms with Crippen LogP contribution in [0, 0.1) is 0 Å². The van der Waals surface area contributed by atoms with E-state index in [4.69, 9.17) is 0 Å². The van der Waals surface area contributed by atoms with Crippen molar-refractivity contribution in [1.82, 2.24) is 24.5 Å². The van der Waals surface area contributed by atoms with Gasteiger partial charge in [0.25, 0.3) is 5.91 Å². The molecule has 4 rings (SSSR count). The molecule has 1 aliphatic heterocycles. The predicted octanol–water partition coefficient (Wildman–Crippen LogP) is 2.12. The van der Waals surface area contributed by atoms with Crippen molar-refractivity contribution in [3.63, 3.8) is 0 Å². The number of carbonyl (C=O) groups is 1. The minimum Gasteiger partial charge on any atom is -0.479 e. The Hall–Kier alpha value is -2.96. The average molecular weight is 323 g/mol. The summed E-state index contributed by atoms with van der Waals surface area (Å²) >= 11 is 0. The first-order chi connectivity index (χ1) is 11.7. The second kappa shape index (κ2) is 5.92. The molecule has 24 heavy (non-hydrogen) atoms. The summed E-state index contributed by atoms with van der Waals surface area (Å²) in [5.41, 5.74) is 2.86. The molecule has 1 amide bonds. The molecule has 0 atom stereocenters. The molecule has 0 unspecified atom stereocenters. The zero-order chi connectivity index (χ0) is 16.5. The zero-order valence-corrected chi connectivity index (χ0v) is 13.1. The topological polar surface area (TPSA) is 83.6 Å². The summed E-state index contributed by atoms with van der Waals surface area (Å²) in [5, 5.41) is 13.6. The Bertz CT molecular complexity index is 882. The second-order valence-electron chi connectivity index (χ2n) is 5.89. The van der Waals surface area contributed by atoms with Crippen LogP contribution < -0.4 is 0 Å². The van der Waals surface area contributed by atoms with E-state index in [9.17, 15) is 9.90 Å². The number of hydrogen-bond acceptors (Lipinski definition) is 5. The van der Waals surface area contributed by atoms with Gasteiger partial charge in [-0.25, -0.2) is 14.5 Å². The summed E-state index contributed by atoms with van der Waals surface area (Å²) in [6.07, 6.45) is 7.98. The van der Waals surface area contributed by atoms with Crippen molar-refractivity contribution >= 4 is 11.4 Å². The second-order valence-corrected chi connectivity index (χ2v) is 5.89. The van der Waals surface area contributed by atoms with Crippen LogP contribution >= 0.6 is 0 Å². The molecule has 1 aliphatic rings. The van der Waals surface area contributed by atoms with Crippen molar-refractivity contribution in [2.45, 2.75) is 19.3 Å². The lowest BCUT2D eigenvalue weighted by Crippen LogP contribution is -2.35. The number of aromatic hydroxyl groups is 1. The summed E-state index contributed by atoms with van der Waals surface area (Å²) in [7, 11) is 0. The maximum absolute atomic E-state index is 12.8. The lowest BCUT2D eigenvalue weighted by atomic mass is 10.1. The van der Waals surface area contributed by atoms with Crippen LogP contribution in [-0.2, 0) is 0 Å². The molecular weight excluding hydrogens is 306 g/mol. The molecular formula is C17H17N5O2. The van der Waals surface area contributed by atoms with E-state index in [1.54, 1.807) is 10.7 Å². The standard InChI is InChI=1S/C17H17N5O2/c23-16(21-7-2-1-3-8-21)13-11-20-22-14(5-4-6-15(13)22)12-9-18-17(24)19-10-12/h4-6,9-11H,1-3,7-8H2,(H,18,19,24). The molecule has 122 valence electrons. The molecule has 1 N–H and O–H groups in total. The summed E-state index contributed by atoms with van der Waals surface area (Å²) < 4.78 is 1.72. The third kappa shape index (κ3) is 2.47. The monoisotopic (exact) mass is 323 g/mol. The number of amides is 1. The highest BCUT2D eigenvalue weighted by molar-refractivity contribution is 6.01. The van der Waals surface area contributed by atoms with Gasteiger partial charge in [-0.3, -0.25) is 4.79 Å². The first-order valence-electron chi connectivity index (χ1n) is 8.01. The minimum absolute atomic E-state index is 0.0313. The molecule has 4 heterocycles. The summed E-state index contributed by atoms with van der Waals surface area (Å²) in [6, 6.07) is 5.37. The Morgan fingerprint density at radius 1 is 1.04 bits per heavy atom. The number of piperidine rings is 1. The fraction of sp³-hybridized carbons (Fsp3) is 0.294. The summed E-state index contributed by atoms with van der Waals surface area (Å²) in [6.45, 7) is 1.61. The smallest absolute Gasteiger partial charge is 0.313 e. The average Bonchev–Trinajstić information content (AvgIpc) is 3.07.